The molecule has 9 heteroatoms. The van der Waals surface area contributed by atoms with Crippen molar-refractivity contribution in [2.24, 2.45) is 4.99 Å². The first-order chi connectivity index (χ1) is 13.6. The summed E-state index contributed by atoms with van der Waals surface area (Å²) in [6.45, 7) is 0.313. The first-order valence-corrected chi connectivity index (χ1v) is 8.79. The van der Waals surface area contributed by atoms with E-state index < -0.39 is 0 Å². The molecule has 0 atom stereocenters. The van der Waals surface area contributed by atoms with Gasteiger partial charge in [-0.3, -0.25) is 4.99 Å². The van der Waals surface area contributed by atoms with Crippen LogP contribution < -0.4 is 20.1 Å². The van der Waals surface area contributed by atoms with Gasteiger partial charge in [-0.1, -0.05) is 16.8 Å². The molecule has 1 aromatic heterocycles. The Balaban J connectivity index is 1.62. The van der Waals surface area contributed by atoms with E-state index in [1.54, 1.807) is 33.4 Å². The monoisotopic (exact) mass is 401 g/mol. The Hall–Kier alpha value is -3.26. The molecule has 28 heavy (non-hydrogen) atoms. The lowest BCUT2D eigenvalue weighted by Crippen LogP contribution is -2.30. The van der Waals surface area contributed by atoms with E-state index in [4.69, 9.17) is 25.6 Å². The molecule has 2 N–H and O–H groups in total. The van der Waals surface area contributed by atoms with Gasteiger partial charge in [-0.2, -0.15) is 4.98 Å². The molecule has 0 saturated heterocycles. The van der Waals surface area contributed by atoms with Crippen LogP contribution in [0.15, 0.2) is 52.0 Å². The molecular weight excluding hydrogens is 382 g/mol. The van der Waals surface area contributed by atoms with Crippen molar-refractivity contribution in [2.45, 2.75) is 6.54 Å². The minimum atomic E-state index is 0.313. The number of halogens is 1. The van der Waals surface area contributed by atoms with Gasteiger partial charge < -0.3 is 24.6 Å². The van der Waals surface area contributed by atoms with Gasteiger partial charge in [0.05, 0.1) is 20.8 Å². The number of nitrogens with zero attached hydrogens (tertiary/aromatic N) is 3. The summed E-state index contributed by atoms with van der Waals surface area (Å²) in [6, 6.07) is 12.7. The van der Waals surface area contributed by atoms with Gasteiger partial charge in [0.15, 0.2) is 17.5 Å². The third kappa shape index (κ3) is 4.72. The Morgan fingerprint density at radius 1 is 1.11 bits per heavy atom. The highest BCUT2D eigenvalue weighted by molar-refractivity contribution is 6.30. The quantitative estimate of drug-likeness (QED) is 0.481. The molecule has 0 radical (unpaired) electrons. The summed E-state index contributed by atoms with van der Waals surface area (Å²) in [5.41, 5.74) is 1.62. The summed E-state index contributed by atoms with van der Waals surface area (Å²) < 4.78 is 15.8. The number of rotatable bonds is 6. The van der Waals surface area contributed by atoms with Crippen LogP contribution in [-0.4, -0.2) is 37.4 Å². The van der Waals surface area contributed by atoms with E-state index in [0.717, 1.165) is 11.3 Å². The Morgan fingerprint density at radius 3 is 2.54 bits per heavy atom. The first kappa shape index (κ1) is 19.5. The SMILES string of the molecule is CN=C(NCc1nc(-c2ccc(Cl)cc2)no1)Nc1ccc(OC)c(OC)c1. The molecule has 2 aromatic carbocycles. The van der Waals surface area contributed by atoms with E-state index in [9.17, 15) is 0 Å². The van der Waals surface area contributed by atoms with E-state index in [-0.39, 0.29) is 0 Å². The van der Waals surface area contributed by atoms with Gasteiger partial charge in [0.25, 0.3) is 0 Å². The van der Waals surface area contributed by atoms with Crippen molar-refractivity contribution >= 4 is 23.2 Å². The van der Waals surface area contributed by atoms with Crippen molar-refractivity contribution in [1.82, 2.24) is 15.5 Å². The smallest absolute Gasteiger partial charge is 0.246 e. The van der Waals surface area contributed by atoms with Crippen molar-refractivity contribution < 1.29 is 14.0 Å². The highest BCUT2D eigenvalue weighted by Gasteiger charge is 2.10. The maximum atomic E-state index is 5.90. The number of guanidine groups is 1. The minimum Gasteiger partial charge on any atom is -0.493 e. The summed E-state index contributed by atoms with van der Waals surface area (Å²) in [5, 5.41) is 10.9. The van der Waals surface area contributed by atoms with E-state index >= 15 is 0 Å². The summed E-state index contributed by atoms with van der Waals surface area (Å²) in [6.07, 6.45) is 0. The maximum absolute atomic E-state index is 5.90. The van der Waals surface area contributed by atoms with Gasteiger partial charge >= 0.3 is 0 Å². The zero-order valence-corrected chi connectivity index (χ0v) is 16.4. The van der Waals surface area contributed by atoms with E-state index in [0.29, 0.717) is 40.7 Å². The fourth-order valence-corrected chi connectivity index (χ4v) is 2.56. The van der Waals surface area contributed by atoms with Crippen LogP contribution in [0.2, 0.25) is 5.02 Å². The van der Waals surface area contributed by atoms with Gasteiger partial charge in [0.2, 0.25) is 11.7 Å². The van der Waals surface area contributed by atoms with Crippen LogP contribution in [0.5, 0.6) is 11.5 Å². The zero-order valence-electron chi connectivity index (χ0n) is 15.7. The molecule has 0 aliphatic carbocycles. The van der Waals surface area contributed by atoms with Gasteiger partial charge in [0, 0.05) is 29.4 Å². The molecule has 3 rings (SSSR count). The van der Waals surface area contributed by atoms with Crippen LogP contribution >= 0.6 is 11.6 Å². The van der Waals surface area contributed by atoms with Crippen molar-refractivity contribution in [3.8, 4) is 22.9 Å². The zero-order chi connectivity index (χ0) is 19.9. The van der Waals surface area contributed by atoms with Crippen molar-refractivity contribution in [3.63, 3.8) is 0 Å². The van der Waals surface area contributed by atoms with Crippen LogP contribution in [0.3, 0.4) is 0 Å². The number of benzene rings is 2. The predicted molar refractivity (Wildman–Crippen MR) is 108 cm³/mol. The van der Waals surface area contributed by atoms with Crippen molar-refractivity contribution in [2.75, 3.05) is 26.6 Å². The average Bonchev–Trinajstić information content (AvgIpc) is 3.20. The second kappa shape index (κ2) is 9.09. The predicted octanol–water partition coefficient (Wildman–Crippen LogP) is 3.59. The van der Waals surface area contributed by atoms with Crippen LogP contribution in [0.4, 0.5) is 5.69 Å². The molecule has 0 fully saturated rings. The largest absolute Gasteiger partial charge is 0.493 e. The summed E-state index contributed by atoms with van der Waals surface area (Å²) >= 11 is 5.90. The normalized spacial score (nSPS) is 11.2. The van der Waals surface area contributed by atoms with Crippen LogP contribution in [-0.2, 0) is 6.54 Å². The molecule has 0 amide bonds. The molecule has 0 aliphatic rings. The summed E-state index contributed by atoms with van der Waals surface area (Å²) in [7, 11) is 4.85. The Kier molecular flexibility index (Phi) is 6.33. The highest BCUT2D eigenvalue weighted by atomic mass is 35.5. The van der Waals surface area contributed by atoms with E-state index in [2.05, 4.69) is 25.8 Å². The molecule has 146 valence electrons. The number of methoxy groups -OCH3 is 2. The summed E-state index contributed by atoms with van der Waals surface area (Å²) in [4.78, 5) is 8.56. The van der Waals surface area contributed by atoms with Gasteiger partial charge in [-0.25, -0.2) is 0 Å². The molecular formula is C19H20ClN5O3. The first-order valence-electron chi connectivity index (χ1n) is 8.41. The molecule has 0 saturated carbocycles. The maximum Gasteiger partial charge on any atom is 0.246 e. The van der Waals surface area contributed by atoms with Crippen LogP contribution in [0, 0.1) is 0 Å². The highest BCUT2D eigenvalue weighted by Crippen LogP contribution is 2.29. The second-order valence-corrected chi connectivity index (χ2v) is 6.08. The van der Waals surface area contributed by atoms with E-state index in [1.807, 2.05) is 30.3 Å². The van der Waals surface area contributed by atoms with Crippen LogP contribution in [0.25, 0.3) is 11.4 Å². The number of nitrogens with one attached hydrogen (secondary N) is 2. The standard InChI is InChI=1S/C19H20ClN5O3/c1-21-19(23-14-8-9-15(26-2)16(10-14)27-3)22-11-17-24-18(25-28-17)12-4-6-13(20)7-5-12/h4-10H,11H2,1-3H3,(H2,21,22,23). The molecule has 0 unspecified atom stereocenters. The van der Waals surface area contributed by atoms with Crippen LogP contribution in [0.1, 0.15) is 5.89 Å². The minimum absolute atomic E-state index is 0.313. The Bertz CT molecular complexity index is 956. The number of aromatic nitrogens is 2. The number of aliphatic imine (C=N–C) groups is 1. The lowest BCUT2D eigenvalue weighted by atomic mass is 10.2. The number of hydrogen-bond donors (Lipinski definition) is 2. The third-order valence-corrected chi connectivity index (χ3v) is 4.10. The molecule has 0 aliphatic heterocycles. The van der Waals surface area contributed by atoms with Gasteiger partial charge in [-0.05, 0) is 36.4 Å². The second-order valence-electron chi connectivity index (χ2n) is 5.64. The van der Waals surface area contributed by atoms with Crippen molar-refractivity contribution in [3.05, 3.63) is 53.4 Å². The summed E-state index contributed by atoms with van der Waals surface area (Å²) in [5.74, 6) is 2.74. The van der Waals surface area contributed by atoms with Crippen molar-refractivity contribution in [1.29, 1.82) is 0 Å². The van der Waals surface area contributed by atoms with E-state index in [1.165, 1.54) is 0 Å². The fourth-order valence-electron chi connectivity index (χ4n) is 2.43. The third-order valence-electron chi connectivity index (χ3n) is 3.85. The average molecular weight is 402 g/mol. The number of ether oxygens (including phenoxy) is 2. The molecule has 3 aromatic rings. The lowest BCUT2D eigenvalue weighted by Gasteiger charge is -2.13. The Morgan fingerprint density at radius 2 is 1.86 bits per heavy atom. The molecule has 1 heterocycles. The topological polar surface area (TPSA) is 93.8 Å². The molecule has 0 spiro atoms. The molecule has 0 bridgehead atoms. The van der Waals surface area contributed by atoms with Gasteiger partial charge in [0.1, 0.15) is 0 Å². The van der Waals surface area contributed by atoms with Gasteiger partial charge in [-0.15, -0.1) is 0 Å². The number of anilines is 1. The number of hydrogen-bond acceptors (Lipinski definition) is 6. The molecule has 8 nitrogen and oxygen atoms in total. The lowest BCUT2D eigenvalue weighted by molar-refractivity contribution is 0.355. The Labute approximate surface area is 167 Å². The fraction of sp³-hybridized carbons (Fsp3) is 0.211.